The highest BCUT2D eigenvalue weighted by atomic mass is 16.8. The minimum absolute atomic E-state index is 0.00577. The zero-order chi connectivity index (χ0) is 14.3. The highest BCUT2D eigenvalue weighted by Gasteiger charge is 2.18. The van der Waals surface area contributed by atoms with E-state index in [1.54, 1.807) is 7.11 Å². The van der Waals surface area contributed by atoms with Crippen molar-refractivity contribution in [2.75, 3.05) is 7.11 Å². The zero-order valence-electron chi connectivity index (χ0n) is 12.9. The molecule has 4 unspecified atom stereocenters. The van der Waals surface area contributed by atoms with E-state index in [0.717, 1.165) is 0 Å². The van der Waals surface area contributed by atoms with E-state index >= 15 is 0 Å². The topological polar surface area (TPSA) is 49.0 Å². The minimum atomic E-state index is -0.378. The second-order valence-electron chi connectivity index (χ2n) is 5.38. The van der Waals surface area contributed by atoms with E-state index in [4.69, 9.17) is 18.9 Å². The molecule has 0 amide bonds. The van der Waals surface area contributed by atoms with Gasteiger partial charge < -0.3 is 18.9 Å². The summed E-state index contributed by atoms with van der Waals surface area (Å²) < 4.78 is 21.6. The van der Waals surface area contributed by atoms with Gasteiger partial charge in [-0.1, -0.05) is 0 Å². The second kappa shape index (κ2) is 8.07. The first kappa shape index (κ1) is 17.8. The van der Waals surface area contributed by atoms with Gasteiger partial charge in [0.25, 0.3) is 0 Å². The van der Waals surface area contributed by atoms with Crippen molar-refractivity contribution in [3.8, 4) is 0 Å². The molecular formula is C13H29NO4. The fourth-order valence-electron chi connectivity index (χ4n) is 1.59. The van der Waals surface area contributed by atoms with Gasteiger partial charge in [-0.15, -0.1) is 0 Å². The summed E-state index contributed by atoms with van der Waals surface area (Å²) in [6.45, 7) is 13.7. The Bertz CT molecular complexity index is 218. The summed E-state index contributed by atoms with van der Waals surface area (Å²) in [6, 6.07) is 0. The molecule has 18 heavy (non-hydrogen) atoms. The third kappa shape index (κ3) is 9.79. The molecule has 0 aromatic heterocycles. The first-order valence-corrected chi connectivity index (χ1v) is 6.41. The fraction of sp³-hybridized carbons (Fsp3) is 1.00. The van der Waals surface area contributed by atoms with Gasteiger partial charge in [0, 0.05) is 12.6 Å². The van der Waals surface area contributed by atoms with E-state index in [1.165, 1.54) is 0 Å². The lowest BCUT2D eigenvalue weighted by molar-refractivity contribution is -0.284. The molecule has 0 bridgehead atoms. The van der Waals surface area contributed by atoms with Crippen molar-refractivity contribution in [3.05, 3.63) is 0 Å². The third-order valence-electron chi connectivity index (χ3n) is 2.13. The van der Waals surface area contributed by atoms with Crippen LogP contribution in [-0.2, 0) is 18.9 Å². The Balaban J connectivity index is 3.92. The average molecular weight is 263 g/mol. The normalized spacial score (nSPS) is 19.3. The van der Waals surface area contributed by atoms with Crippen molar-refractivity contribution < 1.29 is 18.9 Å². The Kier molecular flexibility index (Phi) is 7.98. The van der Waals surface area contributed by atoms with Crippen LogP contribution in [0.4, 0.5) is 0 Å². The maximum Gasteiger partial charge on any atom is 0.161 e. The van der Waals surface area contributed by atoms with Crippen molar-refractivity contribution >= 4 is 0 Å². The van der Waals surface area contributed by atoms with Gasteiger partial charge >= 0.3 is 0 Å². The van der Waals surface area contributed by atoms with Crippen LogP contribution in [0.5, 0.6) is 0 Å². The van der Waals surface area contributed by atoms with Gasteiger partial charge in [0.2, 0.25) is 0 Å². The molecule has 0 saturated heterocycles. The molecule has 0 saturated carbocycles. The van der Waals surface area contributed by atoms with E-state index < -0.39 is 0 Å². The summed E-state index contributed by atoms with van der Waals surface area (Å²) in [5.41, 5.74) is 0.00577. The van der Waals surface area contributed by atoms with E-state index in [2.05, 4.69) is 26.1 Å². The maximum absolute atomic E-state index is 5.66. The van der Waals surface area contributed by atoms with E-state index in [-0.39, 0.29) is 30.6 Å². The molecule has 5 nitrogen and oxygen atoms in total. The molecule has 1 N–H and O–H groups in total. The number of hydrogen-bond donors (Lipinski definition) is 1. The molecule has 110 valence electrons. The Morgan fingerprint density at radius 2 is 1.22 bits per heavy atom. The van der Waals surface area contributed by atoms with Gasteiger partial charge in [0.1, 0.15) is 6.23 Å². The van der Waals surface area contributed by atoms with Crippen molar-refractivity contribution in [1.82, 2.24) is 5.32 Å². The summed E-state index contributed by atoms with van der Waals surface area (Å²) >= 11 is 0. The zero-order valence-corrected chi connectivity index (χ0v) is 12.9. The van der Waals surface area contributed by atoms with Crippen LogP contribution in [0.2, 0.25) is 0 Å². The summed E-state index contributed by atoms with van der Waals surface area (Å²) in [5, 5.41) is 3.31. The highest BCUT2D eigenvalue weighted by Crippen LogP contribution is 2.08. The molecule has 5 heteroatoms. The van der Waals surface area contributed by atoms with Crippen LogP contribution in [-0.4, -0.2) is 37.7 Å². The average Bonchev–Trinajstić information content (AvgIpc) is 2.12. The lowest BCUT2D eigenvalue weighted by Gasteiger charge is -2.29. The molecule has 0 radical (unpaired) electrons. The number of methoxy groups -OCH3 is 1. The summed E-state index contributed by atoms with van der Waals surface area (Å²) in [5.74, 6) is 0. The van der Waals surface area contributed by atoms with Gasteiger partial charge in [0.15, 0.2) is 18.9 Å². The maximum atomic E-state index is 5.66. The molecule has 0 rings (SSSR count). The quantitative estimate of drug-likeness (QED) is 0.682. The summed E-state index contributed by atoms with van der Waals surface area (Å²) in [6.07, 6.45) is -1.12. The van der Waals surface area contributed by atoms with Crippen LogP contribution >= 0.6 is 0 Å². The van der Waals surface area contributed by atoms with Gasteiger partial charge in [-0.2, -0.15) is 0 Å². The molecule has 0 aliphatic carbocycles. The van der Waals surface area contributed by atoms with Crippen LogP contribution in [0.1, 0.15) is 48.5 Å². The first-order valence-electron chi connectivity index (χ1n) is 6.41. The SMILES string of the molecule is COC(C)OC(C)OC(C)OC(C)NC(C)(C)C. The highest BCUT2D eigenvalue weighted by molar-refractivity contribution is 4.70. The molecule has 0 spiro atoms. The van der Waals surface area contributed by atoms with Gasteiger partial charge in [0.05, 0.1) is 0 Å². The molecule has 0 heterocycles. The van der Waals surface area contributed by atoms with Crippen molar-refractivity contribution in [2.24, 2.45) is 0 Å². The summed E-state index contributed by atoms with van der Waals surface area (Å²) in [4.78, 5) is 0. The van der Waals surface area contributed by atoms with Crippen LogP contribution in [0, 0.1) is 0 Å². The van der Waals surface area contributed by atoms with Crippen LogP contribution in [0.3, 0.4) is 0 Å². The van der Waals surface area contributed by atoms with Crippen molar-refractivity contribution in [2.45, 2.75) is 79.1 Å². The molecular weight excluding hydrogens is 234 g/mol. The lowest BCUT2D eigenvalue weighted by atomic mass is 10.1. The first-order chi connectivity index (χ1) is 8.14. The summed E-state index contributed by atoms with van der Waals surface area (Å²) in [7, 11) is 1.59. The van der Waals surface area contributed by atoms with Crippen molar-refractivity contribution in [3.63, 3.8) is 0 Å². The van der Waals surface area contributed by atoms with Crippen LogP contribution in [0.25, 0.3) is 0 Å². The molecule has 0 aromatic rings. The Labute approximate surface area is 111 Å². The van der Waals surface area contributed by atoms with Gasteiger partial charge in [-0.25, -0.2) is 0 Å². The number of ether oxygens (including phenoxy) is 4. The molecule has 0 aliphatic rings. The van der Waals surface area contributed by atoms with Crippen LogP contribution in [0.15, 0.2) is 0 Å². The fourth-order valence-corrected chi connectivity index (χ4v) is 1.59. The van der Waals surface area contributed by atoms with Gasteiger partial charge in [-0.3, -0.25) is 5.32 Å². The second-order valence-corrected chi connectivity index (χ2v) is 5.38. The standard InChI is InChI=1S/C13H29NO4/c1-9(14-13(5,6)7)16-11(3)18-12(4)17-10(2)15-8/h9-12,14H,1-8H3. The third-order valence-corrected chi connectivity index (χ3v) is 2.13. The Morgan fingerprint density at radius 1 is 0.778 bits per heavy atom. The van der Waals surface area contributed by atoms with E-state index in [1.807, 2.05) is 27.7 Å². The van der Waals surface area contributed by atoms with Gasteiger partial charge in [-0.05, 0) is 48.5 Å². The predicted octanol–water partition coefficient (Wildman–Crippen LogP) is 2.45. The predicted molar refractivity (Wildman–Crippen MR) is 71.0 cm³/mol. The largest absolute Gasteiger partial charge is 0.356 e. The van der Waals surface area contributed by atoms with E-state index in [0.29, 0.717) is 0 Å². The molecule has 0 aromatic carbocycles. The molecule has 0 fully saturated rings. The number of hydrogen-bond acceptors (Lipinski definition) is 5. The smallest absolute Gasteiger partial charge is 0.161 e. The van der Waals surface area contributed by atoms with E-state index in [9.17, 15) is 0 Å². The monoisotopic (exact) mass is 263 g/mol. The molecule has 4 atom stereocenters. The Morgan fingerprint density at radius 3 is 1.67 bits per heavy atom. The minimum Gasteiger partial charge on any atom is -0.356 e. The Hall–Kier alpha value is -0.200. The number of nitrogens with one attached hydrogen (secondary N) is 1. The lowest BCUT2D eigenvalue weighted by Crippen LogP contribution is -2.45. The molecule has 0 aliphatic heterocycles. The number of rotatable bonds is 8. The van der Waals surface area contributed by atoms with Crippen LogP contribution < -0.4 is 5.32 Å². The van der Waals surface area contributed by atoms with Crippen molar-refractivity contribution in [1.29, 1.82) is 0 Å².